The van der Waals surface area contributed by atoms with Gasteiger partial charge in [-0.1, -0.05) is 0 Å². The van der Waals surface area contributed by atoms with E-state index in [0.29, 0.717) is 0 Å². The van der Waals surface area contributed by atoms with E-state index in [2.05, 4.69) is 4.98 Å². The van der Waals surface area contributed by atoms with Crippen molar-refractivity contribution < 1.29 is 21.6 Å². The van der Waals surface area contributed by atoms with Gasteiger partial charge in [0.2, 0.25) is 5.03 Å². The van der Waals surface area contributed by atoms with Gasteiger partial charge in [-0.3, -0.25) is 0 Å². The van der Waals surface area contributed by atoms with Crippen molar-refractivity contribution in [2.45, 2.75) is 11.5 Å². The van der Waals surface area contributed by atoms with E-state index in [9.17, 15) is 21.6 Å². The molecule has 0 aliphatic carbocycles. The maximum absolute atomic E-state index is 13.2. The van der Waals surface area contributed by atoms with Gasteiger partial charge in [-0.05, 0) is 28.7 Å². The Morgan fingerprint density at radius 3 is 2.40 bits per heavy atom. The number of rotatable bonds is 2. The van der Waals surface area contributed by atoms with E-state index in [1.54, 1.807) is 0 Å². The van der Waals surface area contributed by atoms with Gasteiger partial charge in [-0.2, -0.15) is 0 Å². The van der Waals surface area contributed by atoms with Crippen molar-refractivity contribution in [3.05, 3.63) is 21.1 Å². The number of alkyl halides is 2. The summed E-state index contributed by atoms with van der Waals surface area (Å²) in [5.74, 6) is -1.61. The fourth-order valence-electron chi connectivity index (χ4n) is 0.814. The monoisotopic (exact) mass is 371 g/mol. The smallest absolute Gasteiger partial charge is 0.226 e. The predicted octanol–water partition coefficient (Wildman–Crippen LogP) is 2.69. The molecule has 0 N–H and O–H groups in total. The first-order valence-corrected chi connectivity index (χ1v) is 6.71. The molecular formula is C6H2ClF3INO2S. The van der Waals surface area contributed by atoms with E-state index in [1.165, 1.54) is 22.6 Å². The Morgan fingerprint density at radius 2 is 2.00 bits per heavy atom. The first-order valence-electron chi connectivity index (χ1n) is 3.32. The summed E-state index contributed by atoms with van der Waals surface area (Å²) in [7, 11) is 0.370. The zero-order valence-electron chi connectivity index (χ0n) is 6.72. The number of pyridine rings is 1. The lowest BCUT2D eigenvalue weighted by molar-refractivity contribution is 0.145. The zero-order valence-corrected chi connectivity index (χ0v) is 10.4. The van der Waals surface area contributed by atoms with Crippen molar-refractivity contribution >= 4 is 42.3 Å². The fourth-order valence-corrected chi connectivity index (χ4v) is 2.40. The molecular weight excluding hydrogens is 369 g/mol. The highest BCUT2D eigenvalue weighted by atomic mass is 127. The highest BCUT2D eigenvalue weighted by Crippen LogP contribution is 2.28. The lowest BCUT2D eigenvalue weighted by atomic mass is 10.3. The van der Waals surface area contributed by atoms with E-state index in [4.69, 9.17) is 10.7 Å². The van der Waals surface area contributed by atoms with Gasteiger partial charge in [0.25, 0.3) is 15.5 Å². The van der Waals surface area contributed by atoms with E-state index in [1.807, 2.05) is 0 Å². The summed E-state index contributed by atoms with van der Waals surface area (Å²) in [6, 6.07) is 0.756. The van der Waals surface area contributed by atoms with E-state index in [-0.39, 0.29) is 3.70 Å². The molecule has 0 aliphatic rings. The molecule has 0 saturated heterocycles. The van der Waals surface area contributed by atoms with Crippen molar-refractivity contribution in [3.8, 4) is 0 Å². The van der Waals surface area contributed by atoms with Crippen LogP contribution >= 0.6 is 33.3 Å². The highest BCUT2D eigenvalue weighted by molar-refractivity contribution is 14.1. The van der Waals surface area contributed by atoms with E-state index >= 15 is 0 Å². The molecule has 0 amide bonds. The van der Waals surface area contributed by atoms with Gasteiger partial charge >= 0.3 is 0 Å². The second kappa shape index (κ2) is 4.42. The largest absolute Gasteiger partial charge is 0.281 e. The number of halogens is 5. The molecule has 1 aromatic rings. The van der Waals surface area contributed by atoms with Crippen LogP contribution in [0.2, 0.25) is 0 Å². The average Bonchev–Trinajstić information content (AvgIpc) is 2.06. The molecule has 0 fully saturated rings. The van der Waals surface area contributed by atoms with Crippen LogP contribution in [0, 0.1) is 9.52 Å². The lowest BCUT2D eigenvalue weighted by Gasteiger charge is -2.05. The number of hydrogen-bond acceptors (Lipinski definition) is 3. The molecule has 9 heteroatoms. The Morgan fingerprint density at radius 1 is 1.47 bits per heavy atom. The number of aromatic nitrogens is 1. The van der Waals surface area contributed by atoms with Gasteiger partial charge < -0.3 is 0 Å². The third-order valence-electron chi connectivity index (χ3n) is 1.39. The van der Waals surface area contributed by atoms with Crippen LogP contribution in [0.4, 0.5) is 13.2 Å². The van der Waals surface area contributed by atoms with Crippen LogP contribution < -0.4 is 0 Å². The number of nitrogens with zero attached hydrogens (tertiary/aromatic N) is 1. The Balaban J connectivity index is 3.56. The summed E-state index contributed by atoms with van der Waals surface area (Å²) in [6.07, 6.45) is -3.13. The molecule has 1 aromatic heterocycles. The van der Waals surface area contributed by atoms with Gasteiger partial charge in [0.15, 0.2) is 5.82 Å². The van der Waals surface area contributed by atoms with Crippen molar-refractivity contribution in [2.75, 3.05) is 0 Å². The quantitative estimate of drug-likeness (QED) is 0.456. The highest BCUT2D eigenvalue weighted by Gasteiger charge is 2.25. The van der Waals surface area contributed by atoms with Crippen molar-refractivity contribution in [1.29, 1.82) is 0 Å². The molecule has 84 valence electrons. The molecule has 15 heavy (non-hydrogen) atoms. The summed E-state index contributed by atoms with van der Waals surface area (Å²) in [5.41, 5.74) is -1.03. The predicted molar refractivity (Wildman–Crippen MR) is 54.9 cm³/mol. The summed E-state index contributed by atoms with van der Waals surface area (Å²) in [4.78, 5) is 3.25. The Hall–Kier alpha value is -0.0900. The van der Waals surface area contributed by atoms with Gasteiger partial charge in [0.1, 0.15) is 3.70 Å². The minimum absolute atomic E-state index is 0.0801. The maximum atomic E-state index is 13.2. The molecule has 0 aliphatic heterocycles. The standard InChI is InChI=1S/C6H2ClF3INO2S/c7-15(13,14)6-4(8)2(5(9)10)1-3(11)12-6/h1,5H. The van der Waals surface area contributed by atoms with Gasteiger partial charge in [0.05, 0.1) is 5.56 Å². The minimum Gasteiger partial charge on any atom is -0.226 e. The summed E-state index contributed by atoms with van der Waals surface area (Å²) < 4.78 is 59.2. The fraction of sp³-hybridized carbons (Fsp3) is 0.167. The van der Waals surface area contributed by atoms with Gasteiger partial charge in [-0.25, -0.2) is 26.6 Å². The Bertz CT molecular complexity index is 493. The van der Waals surface area contributed by atoms with Crippen LogP contribution in [-0.2, 0) is 9.05 Å². The molecule has 1 heterocycles. The van der Waals surface area contributed by atoms with Crippen LogP contribution in [0.15, 0.2) is 11.1 Å². The molecule has 0 spiro atoms. The molecule has 1 rings (SSSR count). The zero-order chi connectivity index (χ0) is 11.8. The van der Waals surface area contributed by atoms with E-state index < -0.39 is 31.9 Å². The minimum atomic E-state index is -4.46. The molecule has 3 nitrogen and oxygen atoms in total. The summed E-state index contributed by atoms with van der Waals surface area (Å²) in [6.45, 7) is 0. The molecule has 0 atom stereocenters. The van der Waals surface area contributed by atoms with Crippen LogP contribution in [0.3, 0.4) is 0 Å². The second-order valence-electron chi connectivity index (χ2n) is 2.39. The molecule has 0 radical (unpaired) electrons. The first-order chi connectivity index (χ1) is 6.73. The molecule has 0 saturated carbocycles. The van der Waals surface area contributed by atoms with Gasteiger partial charge in [0, 0.05) is 10.7 Å². The van der Waals surface area contributed by atoms with Crippen LogP contribution in [0.25, 0.3) is 0 Å². The van der Waals surface area contributed by atoms with Crippen LogP contribution in [0.1, 0.15) is 12.0 Å². The summed E-state index contributed by atoms with van der Waals surface area (Å²) in [5, 5.41) is -1.17. The third-order valence-corrected chi connectivity index (χ3v) is 3.11. The normalized spacial score (nSPS) is 12.1. The second-order valence-corrected chi connectivity index (χ2v) is 5.98. The lowest BCUT2D eigenvalue weighted by Crippen LogP contribution is -2.05. The molecule has 0 aromatic carbocycles. The SMILES string of the molecule is O=S(=O)(Cl)c1nc(I)cc(C(F)F)c1F. The van der Waals surface area contributed by atoms with Crippen LogP contribution in [-0.4, -0.2) is 13.4 Å². The maximum Gasteiger partial charge on any atom is 0.281 e. The van der Waals surface area contributed by atoms with E-state index in [0.717, 1.165) is 6.07 Å². The Labute approximate surface area is 101 Å². The average molecular weight is 372 g/mol. The third kappa shape index (κ3) is 2.94. The van der Waals surface area contributed by atoms with Crippen molar-refractivity contribution in [2.24, 2.45) is 0 Å². The summed E-state index contributed by atoms with van der Waals surface area (Å²) >= 11 is 1.49. The topological polar surface area (TPSA) is 47.0 Å². The molecule has 0 unspecified atom stereocenters. The number of hydrogen-bond donors (Lipinski definition) is 0. The van der Waals surface area contributed by atoms with Crippen LogP contribution in [0.5, 0.6) is 0 Å². The Kier molecular flexibility index (Phi) is 3.82. The molecule has 0 bridgehead atoms. The first kappa shape index (κ1) is 13.0. The van der Waals surface area contributed by atoms with Crippen molar-refractivity contribution in [1.82, 2.24) is 4.98 Å². The van der Waals surface area contributed by atoms with Crippen molar-refractivity contribution in [3.63, 3.8) is 0 Å². The van der Waals surface area contributed by atoms with Gasteiger partial charge in [-0.15, -0.1) is 0 Å².